The summed E-state index contributed by atoms with van der Waals surface area (Å²) in [6.45, 7) is 4.63. The summed E-state index contributed by atoms with van der Waals surface area (Å²) in [5, 5.41) is 3.34. The number of aromatic nitrogens is 2. The molecular formula is C22H24N4O3. The molecule has 0 spiro atoms. The number of ketones is 1. The molecule has 7 nitrogen and oxygen atoms in total. The molecule has 1 atom stereocenters. The number of fused-ring (bicyclic) bond motifs is 1. The topological polar surface area (TPSA) is 87.3 Å². The van der Waals surface area contributed by atoms with Crippen LogP contribution in [0.15, 0.2) is 40.3 Å². The smallest absolute Gasteiger partial charge is 0.258 e. The molecule has 1 fully saturated rings. The minimum absolute atomic E-state index is 0.120. The standard InChI is InChI=1S/C22H24N4O3/c1-13-5-2-3-6-14(13)17-18-15(7-4-8-16(18)27)23-20-19(17)21(28)25-22(24-20)26-9-11-29-12-10-26/h2-3,5-6,17H,4,7-12H2,1H3,(H2,23,24,25,28)/t17-/m0/s1. The van der Waals surface area contributed by atoms with E-state index in [4.69, 9.17) is 9.72 Å². The predicted molar refractivity (Wildman–Crippen MR) is 110 cm³/mol. The van der Waals surface area contributed by atoms with Gasteiger partial charge in [-0.1, -0.05) is 24.3 Å². The number of morpholine rings is 1. The SMILES string of the molecule is Cc1ccccc1[C@H]1C2=C(CCCC2=O)Nc2nc(N3CCOCC3)[nH]c(=O)c21. The molecule has 0 saturated carbocycles. The Balaban J connectivity index is 1.69. The lowest BCUT2D eigenvalue weighted by molar-refractivity contribution is -0.116. The van der Waals surface area contributed by atoms with Gasteiger partial charge in [0.1, 0.15) is 5.82 Å². The fourth-order valence-electron chi connectivity index (χ4n) is 4.60. The molecule has 5 rings (SSSR count). The van der Waals surface area contributed by atoms with Crippen molar-refractivity contribution in [2.75, 3.05) is 36.5 Å². The van der Waals surface area contributed by atoms with Crippen LogP contribution >= 0.6 is 0 Å². The van der Waals surface area contributed by atoms with E-state index in [1.165, 1.54) is 0 Å². The molecule has 2 N–H and O–H groups in total. The fourth-order valence-corrected chi connectivity index (χ4v) is 4.60. The molecule has 0 bridgehead atoms. The normalized spacial score (nSPS) is 21.5. The van der Waals surface area contributed by atoms with Gasteiger partial charge < -0.3 is 15.0 Å². The van der Waals surface area contributed by atoms with Gasteiger partial charge in [-0.05, 0) is 30.9 Å². The lowest BCUT2D eigenvalue weighted by atomic mass is 9.75. The highest BCUT2D eigenvalue weighted by Gasteiger charge is 2.38. The zero-order chi connectivity index (χ0) is 20.0. The van der Waals surface area contributed by atoms with Gasteiger partial charge >= 0.3 is 0 Å². The molecule has 2 aromatic rings. The fraction of sp³-hybridized carbons (Fsp3) is 0.409. The van der Waals surface area contributed by atoms with Crippen molar-refractivity contribution in [2.45, 2.75) is 32.1 Å². The van der Waals surface area contributed by atoms with Crippen molar-refractivity contribution in [3.05, 3.63) is 62.6 Å². The number of anilines is 2. The van der Waals surface area contributed by atoms with Crippen molar-refractivity contribution in [3.8, 4) is 0 Å². The maximum atomic E-state index is 13.3. The largest absolute Gasteiger partial charge is 0.378 e. The molecule has 150 valence electrons. The summed E-state index contributed by atoms with van der Waals surface area (Å²) in [5.41, 5.74) is 4.03. The molecule has 2 aliphatic heterocycles. The highest BCUT2D eigenvalue weighted by molar-refractivity contribution is 6.01. The average Bonchev–Trinajstić information content (AvgIpc) is 2.73. The van der Waals surface area contributed by atoms with Crippen LogP contribution in [0.3, 0.4) is 0 Å². The molecule has 1 aliphatic carbocycles. The Kier molecular flexibility index (Phi) is 4.47. The number of ether oxygens (including phenoxy) is 1. The van der Waals surface area contributed by atoms with E-state index in [9.17, 15) is 9.59 Å². The van der Waals surface area contributed by atoms with E-state index in [0.717, 1.165) is 35.2 Å². The van der Waals surface area contributed by atoms with Crippen LogP contribution in [0.5, 0.6) is 0 Å². The highest BCUT2D eigenvalue weighted by Crippen LogP contribution is 2.44. The second-order valence-corrected chi connectivity index (χ2v) is 7.83. The molecule has 7 heteroatoms. The number of carbonyl (C=O) groups is 1. The van der Waals surface area contributed by atoms with E-state index in [-0.39, 0.29) is 17.3 Å². The first-order chi connectivity index (χ1) is 14.1. The van der Waals surface area contributed by atoms with Gasteiger partial charge in [0.05, 0.1) is 18.8 Å². The van der Waals surface area contributed by atoms with Crippen molar-refractivity contribution in [1.29, 1.82) is 0 Å². The number of carbonyl (C=O) groups excluding carboxylic acids is 1. The highest BCUT2D eigenvalue weighted by atomic mass is 16.5. The molecule has 3 heterocycles. The van der Waals surface area contributed by atoms with E-state index in [0.29, 0.717) is 50.1 Å². The Morgan fingerprint density at radius 3 is 2.72 bits per heavy atom. The van der Waals surface area contributed by atoms with Crippen LogP contribution in [0, 0.1) is 6.92 Å². The summed E-state index contributed by atoms with van der Waals surface area (Å²) in [4.78, 5) is 36.0. The van der Waals surface area contributed by atoms with Gasteiger partial charge in [0.15, 0.2) is 5.78 Å². The number of hydrogen-bond donors (Lipinski definition) is 2. The third-order valence-corrected chi connectivity index (χ3v) is 6.06. The minimum atomic E-state index is -0.384. The van der Waals surface area contributed by atoms with Crippen molar-refractivity contribution in [1.82, 2.24) is 9.97 Å². The maximum Gasteiger partial charge on any atom is 0.258 e. The first-order valence-electron chi connectivity index (χ1n) is 10.2. The number of benzene rings is 1. The number of allylic oxidation sites excluding steroid dienone is 2. The first kappa shape index (κ1) is 18.1. The van der Waals surface area contributed by atoms with Gasteiger partial charge in [-0.25, -0.2) is 0 Å². The van der Waals surface area contributed by atoms with Crippen LogP contribution in [0.25, 0.3) is 0 Å². The molecule has 1 aromatic carbocycles. The molecule has 0 amide bonds. The van der Waals surface area contributed by atoms with Gasteiger partial charge in [0, 0.05) is 36.7 Å². The molecule has 0 unspecified atom stereocenters. The summed E-state index contributed by atoms with van der Waals surface area (Å²) in [7, 11) is 0. The number of H-pyrrole nitrogens is 1. The van der Waals surface area contributed by atoms with Crippen LogP contribution in [0.4, 0.5) is 11.8 Å². The molecule has 29 heavy (non-hydrogen) atoms. The van der Waals surface area contributed by atoms with Gasteiger partial charge in [0.2, 0.25) is 5.95 Å². The van der Waals surface area contributed by atoms with E-state index < -0.39 is 0 Å². The van der Waals surface area contributed by atoms with Gasteiger partial charge in [-0.3, -0.25) is 14.6 Å². The maximum absolute atomic E-state index is 13.3. The quantitative estimate of drug-likeness (QED) is 0.817. The van der Waals surface area contributed by atoms with Crippen LogP contribution in [0.1, 0.15) is 41.9 Å². The van der Waals surface area contributed by atoms with Crippen LogP contribution < -0.4 is 15.8 Å². The Hall–Kier alpha value is -2.93. The second-order valence-electron chi connectivity index (χ2n) is 7.83. The third-order valence-electron chi connectivity index (χ3n) is 6.06. The van der Waals surface area contributed by atoms with E-state index >= 15 is 0 Å². The van der Waals surface area contributed by atoms with E-state index in [1.54, 1.807) is 0 Å². The Morgan fingerprint density at radius 1 is 1.14 bits per heavy atom. The summed E-state index contributed by atoms with van der Waals surface area (Å²) in [6.07, 6.45) is 2.14. The zero-order valence-corrected chi connectivity index (χ0v) is 16.5. The van der Waals surface area contributed by atoms with Crippen molar-refractivity contribution >= 4 is 17.5 Å². The molecular weight excluding hydrogens is 368 g/mol. The number of aryl methyl sites for hydroxylation is 1. The number of rotatable bonds is 2. The summed E-state index contributed by atoms with van der Waals surface area (Å²) in [6, 6.07) is 7.97. The summed E-state index contributed by atoms with van der Waals surface area (Å²) < 4.78 is 5.41. The van der Waals surface area contributed by atoms with Gasteiger partial charge in [-0.15, -0.1) is 0 Å². The zero-order valence-electron chi connectivity index (χ0n) is 16.5. The predicted octanol–water partition coefficient (Wildman–Crippen LogP) is 2.48. The van der Waals surface area contributed by atoms with Crippen molar-refractivity contribution in [2.24, 2.45) is 0 Å². The Labute approximate surface area is 168 Å². The minimum Gasteiger partial charge on any atom is -0.378 e. The average molecular weight is 392 g/mol. The molecule has 0 radical (unpaired) electrons. The summed E-state index contributed by atoms with van der Waals surface area (Å²) in [5.74, 6) is 0.857. The van der Waals surface area contributed by atoms with Crippen molar-refractivity contribution < 1.29 is 9.53 Å². The van der Waals surface area contributed by atoms with E-state index in [1.807, 2.05) is 36.1 Å². The third kappa shape index (κ3) is 3.06. The van der Waals surface area contributed by atoms with Crippen LogP contribution in [0.2, 0.25) is 0 Å². The van der Waals surface area contributed by atoms with E-state index in [2.05, 4.69) is 10.3 Å². The van der Waals surface area contributed by atoms with Crippen LogP contribution in [-0.2, 0) is 9.53 Å². The molecule has 1 aromatic heterocycles. The Morgan fingerprint density at radius 2 is 1.93 bits per heavy atom. The van der Waals surface area contributed by atoms with Gasteiger partial charge in [-0.2, -0.15) is 4.98 Å². The number of Topliss-reactive ketones (excluding diaryl/α,β-unsaturated/α-hetero) is 1. The number of nitrogens with zero attached hydrogens (tertiary/aromatic N) is 2. The monoisotopic (exact) mass is 392 g/mol. The number of aromatic amines is 1. The Bertz CT molecular complexity index is 1070. The van der Waals surface area contributed by atoms with Crippen molar-refractivity contribution in [3.63, 3.8) is 0 Å². The van der Waals surface area contributed by atoms with Gasteiger partial charge in [0.25, 0.3) is 5.56 Å². The van der Waals surface area contributed by atoms with Crippen LogP contribution in [-0.4, -0.2) is 42.1 Å². The lowest BCUT2D eigenvalue weighted by Crippen LogP contribution is -2.40. The second kappa shape index (κ2) is 7.15. The summed E-state index contributed by atoms with van der Waals surface area (Å²) >= 11 is 0. The first-order valence-corrected chi connectivity index (χ1v) is 10.2. The number of hydrogen-bond acceptors (Lipinski definition) is 6. The molecule has 1 saturated heterocycles. The molecule has 3 aliphatic rings. The lowest BCUT2D eigenvalue weighted by Gasteiger charge is -2.34. The number of nitrogens with one attached hydrogen (secondary N) is 2.